The van der Waals surface area contributed by atoms with E-state index in [-0.39, 0.29) is 18.5 Å². The van der Waals surface area contributed by atoms with Crippen LogP contribution < -0.4 is 4.90 Å². The summed E-state index contributed by atoms with van der Waals surface area (Å²) < 4.78 is 19.0. The monoisotopic (exact) mass is 225 g/mol. The lowest BCUT2D eigenvalue weighted by atomic mass is 10.1. The van der Waals surface area contributed by atoms with Gasteiger partial charge in [0.15, 0.2) is 0 Å². The number of hydrogen-bond acceptors (Lipinski definition) is 3. The number of benzene rings is 1. The standard InChI is InChI=1S/C12H16FNO2/c1-14(10-4-5-16-8-10)12-3-2-9(7-15)6-11(12)13/h2-3,6,10,15H,4-5,7-8H2,1H3. The Balaban J connectivity index is 2.19. The molecular weight excluding hydrogens is 209 g/mol. The van der Waals surface area contributed by atoms with Gasteiger partial charge in [0.05, 0.1) is 24.9 Å². The average Bonchev–Trinajstić information content (AvgIpc) is 2.81. The van der Waals surface area contributed by atoms with Crippen LogP contribution in [0.4, 0.5) is 10.1 Å². The minimum atomic E-state index is -0.291. The molecule has 0 radical (unpaired) electrons. The average molecular weight is 225 g/mol. The van der Waals surface area contributed by atoms with Crippen molar-refractivity contribution in [2.45, 2.75) is 19.1 Å². The van der Waals surface area contributed by atoms with Crippen LogP contribution >= 0.6 is 0 Å². The van der Waals surface area contributed by atoms with Gasteiger partial charge in [0.25, 0.3) is 0 Å². The molecule has 0 saturated carbocycles. The molecule has 0 spiro atoms. The summed E-state index contributed by atoms with van der Waals surface area (Å²) in [5, 5.41) is 8.90. The summed E-state index contributed by atoms with van der Waals surface area (Å²) >= 11 is 0. The fourth-order valence-corrected chi connectivity index (χ4v) is 1.96. The highest BCUT2D eigenvalue weighted by molar-refractivity contribution is 5.49. The van der Waals surface area contributed by atoms with Gasteiger partial charge in [-0.25, -0.2) is 4.39 Å². The summed E-state index contributed by atoms with van der Waals surface area (Å²) in [5.41, 5.74) is 1.16. The maximum atomic E-state index is 13.7. The van der Waals surface area contributed by atoms with E-state index in [1.54, 1.807) is 12.1 Å². The Morgan fingerprint density at radius 2 is 2.38 bits per heavy atom. The van der Waals surface area contributed by atoms with Gasteiger partial charge in [-0.05, 0) is 24.1 Å². The minimum absolute atomic E-state index is 0.131. The molecule has 0 amide bonds. The summed E-state index contributed by atoms with van der Waals surface area (Å²) in [6.45, 7) is 1.26. The number of halogens is 1. The largest absolute Gasteiger partial charge is 0.392 e. The molecule has 1 N–H and O–H groups in total. The molecule has 1 aliphatic heterocycles. The van der Waals surface area contributed by atoms with Crippen molar-refractivity contribution in [1.29, 1.82) is 0 Å². The van der Waals surface area contributed by atoms with Crippen LogP contribution in [-0.2, 0) is 11.3 Å². The molecule has 2 rings (SSSR count). The quantitative estimate of drug-likeness (QED) is 0.847. The molecule has 0 bridgehead atoms. The first-order chi connectivity index (χ1) is 7.72. The second-order valence-corrected chi connectivity index (χ2v) is 4.07. The number of rotatable bonds is 3. The van der Waals surface area contributed by atoms with E-state index in [1.807, 2.05) is 11.9 Å². The van der Waals surface area contributed by atoms with Crippen molar-refractivity contribution in [3.05, 3.63) is 29.6 Å². The lowest BCUT2D eigenvalue weighted by molar-refractivity contribution is 0.193. The maximum absolute atomic E-state index is 13.7. The molecule has 1 aromatic rings. The molecule has 1 atom stereocenters. The molecular formula is C12H16FNO2. The molecule has 16 heavy (non-hydrogen) atoms. The van der Waals surface area contributed by atoms with Crippen molar-refractivity contribution in [3.63, 3.8) is 0 Å². The Morgan fingerprint density at radius 1 is 1.56 bits per heavy atom. The van der Waals surface area contributed by atoms with E-state index in [4.69, 9.17) is 9.84 Å². The number of aliphatic hydroxyl groups excluding tert-OH is 1. The Kier molecular flexibility index (Phi) is 3.41. The molecule has 0 aliphatic carbocycles. The Bertz CT molecular complexity index is 364. The molecule has 1 heterocycles. The molecule has 1 saturated heterocycles. The van der Waals surface area contributed by atoms with E-state index in [1.165, 1.54) is 6.07 Å². The SMILES string of the molecule is CN(c1ccc(CO)cc1F)C1CCOC1. The topological polar surface area (TPSA) is 32.7 Å². The Labute approximate surface area is 94.4 Å². The van der Waals surface area contributed by atoms with Gasteiger partial charge in [-0.3, -0.25) is 0 Å². The van der Waals surface area contributed by atoms with E-state index < -0.39 is 0 Å². The van der Waals surface area contributed by atoms with E-state index in [0.717, 1.165) is 13.0 Å². The van der Waals surface area contributed by atoms with Crippen LogP contribution in [0.1, 0.15) is 12.0 Å². The van der Waals surface area contributed by atoms with Gasteiger partial charge in [-0.1, -0.05) is 6.07 Å². The normalized spacial score (nSPS) is 20.1. The summed E-state index contributed by atoms with van der Waals surface area (Å²) in [6, 6.07) is 5.07. The van der Waals surface area contributed by atoms with E-state index in [2.05, 4.69) is 0 Å². The maximum Gasteiger partial charge on any atom is 0.146 e. The van der Waals surface area contributed by atoms with Gasteiger partial charge in [0, 0.05) is 13.7 Å². The highest BCUT2D eigenvalue weighted by Gasteiger charge is 2.22. The van der Waals surface area contributed by atoms with Gasteiger partial charge in [-0.15, -0.1) is 0 Å². The summed E-state index contributed by atoms with van der Waals surface area (Å²) in [4.78, 5) is 1.91. The first-order valence-corrected chi connectivity index (χ1v) is 5.42. The number of hydrogen-bond donors (Lipinski definition) is 1. The first kappa shape index (κ1) is 11.4. The molecule has 3 nitrogen and oxygen atoms in total. The van der Waals surface area contributed by atoms with Gasteiger partial charge >= 0.3 is 0 Å². The zero-order chi connectivity index (χ0) is 11.5. The molecule has 1 fully saturated rings. The van der Waals surface area contributed by atoms with Crippen molar-refractivity contribution >= 4 is 5.69 Å². The summed E-state index contributed by atoms with van der Waals surface area (Å²) in [5.74, 6) is -0.291. The third-order valence-electron chi connectivity index (χ3n) is 3.03. The molecule has 1 aliphatic rings. The fourth-order valence-electron chi connectivity index (χ4n) is 1.96. The van der Waals surface area contributed by atoms with Crippen molar-refractivity contribution in [1.82, 2.24) is 0 Å². The van der Waals surface area contributed by atoms with E-state index in [9.17, 15) is 4.39 Å². The van der Waals surface area contributed by atoms with Crippen LogP contribution in [0.25, 0.3) is 0 Å². The van der Waals surface area contributed by atoms with Gasteiger partial charge < -0.3 is 14.7 Å². The first-order valence-electron chi connectivity index (χ1n) is 5.42. The van der Waals surface area contributed by atoms with Crippen LogP contribution in [0.15, 0.2) is 18.2 Å². The lowest BCUT2D eigenvalue weighted by Gasteiger charge is -2.25. The molecule has 1 aromatic carbocycles. The van der Waals surface area contributed by atoms with E-state index >= 15 is 0 Å². The third-order valence-corrected chi connectivity index (χ3v) is 3.03. The second-order valence-electron chi connectivity index (χ2n) is 4.07. The summed E-state index contributed by atoms with van der Waals surface area (Å²) in [7, 11) is 1.87. The molecule has 4 heteroatoms. The number of nitrogens with zero attached hydrogens (tertiary/aromatic N) is 1. The lowest BCUT2D eigenvalue weighted by Crippen LogP contribution is -2.32. The summed E-state index contributed by atoms with van der Waals surface area (Å²) in [6.07, 6.45) is 0.928. The second kappa shape index (κ2) is 4.80. The predicted molar refractivity (Wildman–Crippen MR) is 59.9 cm³/mol. The molecule has 1 unspecified atom stereocenters. The third kappa shape index (κ3) is 2.18. The van der Waals surface area contributed by atoms with Crippen LogP contribution in [0.3, 0.4) is 0 Å². The van der Waals surface area contributed by atoms with Crippen LogP contribution in [-0.4, -0.2) is 31.4 Å². The van der Waals surface area contributed by atoms with Crippen LogP contribution in [0, 0.1) is 5.82 Å². The van der Waals surface area contributed by atoms with E-state index in [0.29, 0.717) is 17.9 Å². The van der Waals surface area contributed by atoms with Crippen LogP contribution in [0.2, 0.25) is 0 Å². The zero-order valence-corrected chi connectivity index (χ0v) is 9.32. The smallest absolute Gasteiger partial charge is 0.146 e. The van der Waals surface area contributed by atoms with Gasteiger partial charge in [0.1, 0.15) is 5.82 Å². The number of aliphatic hydroxyl groups is 1. The van der Waals surface area contributed by atoms with Crippen molar-refractivity contribution in [2.24, 2.45) is 0 Å². The number of ether oxygens (including phenoxy) is 1. The Hall–Kier alpha value is -1.13. The van der Waals surface area contributed by atoms with Crippen molar-refractivity contribution in [3.8, 4) is 0 Å². The van der Waals surface area contributed by atoms with Gasteiger partial charge in [-0.2, -0.15) is 0 Å². The number of likely N-dealkylation sites (N-methyl/N-ethyl adjacent to an activating group) is 1. The Morgan fingerprint density at radius 3 is 2.94 bits per heavy atom. The predicted octanol–water partition coefficient (Wildman–Crippen LogP) is 1.54. The highest BCUT2D eigenvalue weighted by Crippen LogP contribution is 2.24. The highest BCUT2D eigenvalue weighted by atomic mass is 19.1. The van der Waals surface area contributed by atoms with Crippen molar-refractivity contribution in [2.75, 3.05) is 25.2 Å². The van der Waals surface area contributed by atoms with Gasteiger partial charge in [0.2, 0.25) is 0 Å². The van der Waals surface area contributed by atoms with Crippen molar-refractivity contribution < 1.29 is 14.2 Å². The molecule has 0 aromatic heterocycles. The van der Waals surface area contributed by atoms with Crippen LogP contribution in [0.5, 0.6) is 0 Å². The fraction of sp³-hybridized carbons (Fsp3) is 0.500. The number of anilines is 1. The zero-order valence-electron chi connectivity index (χ0n) is 9.32. The minimum Gasteiger partial charge on any atom is -0.392 e. The molecule has 88 valence electrons.